The Morgan fingerprint density at radius 3 is 2.60 bits per heavy atom. The van der Waals surface area contributed by atoms with Crippen LogP contribution in [0.5, 0.6) is 0 Å². The van der Waals surface area contributed by atoms with Crippen molar-refractivity contribution in [2.45, 2.75) is 18.8 Å². The molecule has 1 aromatic rings. The topological polar surface area (TPSA) is 33.5 Å². The van der Waals surface area contributed by atoms with Crippen LogP contribution in [-0.2, 0) is 0 Å². The van der Waals surface area contributed by atoms with E-state index in [0.717, 1.165) is 0 Å². The second-order valence-corrected chi connectivity index (χ2v) is 3.66. The molecule has 1 aliphatic rings. The maximum absolute atomic E-state index is 12.8. The van der Waals surface area contributed by atoms with Gasteiger partial charge in [-0.05, 0) is 6.07 Å². The van der Waals surface area contributed by atoms with E-state index in [0.29, 0.717) is 5.56 Å². The highest BCUT2D eigenvalue weighted by atomic mass is 19.3. The summed E-state index contributed by atoms with van der Waals surface area (Å²) in [7, 11) is 0. The van der Waals surface area contributed by atoms with Gasteiger partial charge in [-0.15, -0.1) is 0 Å². The summed E-state index contributed by atoms with van der Waals surface area (Å²) < 4.78 is 30.4. The van der Waals surface area contributed by atoms with Crippen LogP contribution in [0.25, 0.3) is 0 Å². The van der Waals surface area contributed by atoms with Crippen molar-refractivity contribution in [3.8, 4) is 0 Å². The van der Waals surface area contributed by atoms with Gasteiger partial charge in [-0.25, -0.2) is 8.78 Å². The molecule has 0 saturated carbocycles. The minimum Gasteiger partial charge on any atom is -0.472 e. The SMILES string of the molecule is O=C(c1ccoc1)N1CCC(F)(F)CC1. The van der Waals surface area contributed by atoms with Crippen LogP contribution in [0.1, 0.15) is 23.2 Å². The molecule has 1 saturated heterocycles. The quantitative estimate of drug-likeness (QED) is 0.719. The van der Waals surface area contributed by atoms with Crippen molar-refractivity contribution in [2.24, 2.45) is 0 Å². The number of carbonyl (C=O) groups is 1. The Kier molecular flexibility index (Phi) is 2.46. The van der Waals surface area contributed by atoms with Gasteiger partial charge in [0, 0.05) is 25.9 Å². The number of amides is 1. The molecule has 0 atom stereocenters. The number of nitrogens with zero attached hydrogens (tertiary/aromatic N) is 1. The molecule has 0 bridgehead atoms. The van der Waals surface area contributed by atoms with Gasteiger partial charge in [0.1, 0.15) is 6.26 Å². The first-order valence-electron chi connectivity index (χ1n) is 4.78. The van der Waals surface area contributed by atoms with Crippen molar-refractivity contribution in [3.05, 3.63) is 24.2 Å². The van der Waals surface area contributed by atoms with Crippen LogP contribution in [0.3, 0.4) is 0 Å². The summed E-state index contributed by atoms with van der Waals surface area (Å²) in [5, 5.41) is 0. The largest absolute Gasteiger partial charge is 0.472 e. The molecule has 3 nitrogen and oxygen atoms in total. The Hall–Kier alpha value is -1.39. The summed E-state index contributed by atoms with van der Waals surface area (Å²) in [6, 6.07) is 1.54. The lowest BCUT2D eigenvalue weighted by atomic mass is 10.1. The van der Waals surface area contributed by atoms with Crippen molar-refractivity contribution in [1.82, 2.24) is 4.90 Å². The Morgan fingerprint density at radius 1 is 1.40 bits per heavy atom. The Balaban J connectivity index is 2.00. The first-order valence-corrected chi connectivity index (χ1v) is 4.78. The highest BCUT2D eigenvalue weighted by molar-refractivity contribution is 5.93. The van der Waals surface area contributed by atoms with Crippen LogP contribution in [0, 0.1) is 0 Å². The van der Waals surface area contributed by atoms with Crippen LogP contribution in [0.4, 0.5) is 8.78 Å². The average molecular weight is 215 g/mol. The number of hydrogen-bond donors (Lipinski definition) is 0. The van der Waals surface area contributed by atoms with Gasteiger partial charge in [0.25, 0.3) is 11.8 Å². The molecule has 0 N–H and O–H groups in total. The fourth-order valence-electron chi connectivity index (χ4n) is 1.61. The number of halogens is 2. The van der Waals surface area contributed by atoms with Gasteiger partial charge in [-0.3, -0.25) is 4.79 Å². The zero-order valence-electron chi connectivity index (χ0n) is 8.08. The van der Waals surface area contributed by atoms with Crippen LogP contribution in [0.15, 0.2) is 23.0 Å². The summed E-state index contributed by atoms with van der Waals surface area (Å²) >= 11 is 0. The summed E-state index contributed by atoms with van der Waals surface area (Å²) in [5.74, 6) is -2.85. The van der Waals surface area contributed by atoms with E-state index in [2.05, 4.69) is 0 Å². The molecule has 0 spiro atoms. The number of rotatable bonds is 1. The van der Waals surface area contributed by atoms with Gasteiger partial charge in [0.2, 0.25) is 0 Å². The van der Waals surface area contributed by atoms with Gasteiger partial charge >= 0.3 is 0 Å². The van der Waals surface area contributed by atoms with Crippen molar-refractivity contribution >= 4 is 5.91 Å². The Labute approximate surface area is 85.7 Å². The molecule has 15 heavy (non-hydrogen) atoms. The average Bonchev–Trinajstić information content (AvgIpc) is 2.69. The van der Waals surface area contributed by atoms with Crippen LogP contribution >= 0.6 is 0 Å². The summed E-state index contributed by atoms with van der Waals surface area (Å²) in [5.41, 5.74) is 0.417. The third-order valence-corrected chi connectivity index (χ3v) is 2.55. The maximum Gasteiger partial charge on any atom is 0.257 e. The molecule has 1 fully saturated rings. The molecule has 82 valence electrons. The fraction of sp³-hybridized carbons (Fsp3) is 0.500. The van der Waals surface area contributed by atoms with Gasteiger partial charge in [-0.2, -0.15) is 0 Å². The molecular formula is C10H11F2NO2. The highest BCUT2D eigenvalue weighted by Gasteiger charge is 2.35. The van der Waals surface area contributed by atoms with Crippen molar-refractivity contribution in [1.29, 1.82) is 0 Å². The molecule has 1 aromatic heterocycles. The van der Waals surface area contributed by atoms with E-state index in [1.54, 1.807) is 0 Å². The number of hydrogen-bond acceptors (Lipinski definition) is 2. The van der Waals surface area contributed by atoms with Crippen LogP contribution in [-0.4, -0.2) is 29.8 Å². The van der Waals surface area contributed by atoms with Crippen molar-refractivity contribution < 1.29 is 18.0 Å². The third kappa shape index (κ3) is 2.16. The number of piperidine rings is 1. The molecule has 0 unspecified atom stereocenters. The van der Waals surface area contributed by atoms with Gasteiger partial charge < -0.3 is 9.32 Å². The monoisotopic (exact) mass is 215 g/mol. The first kappa shape index (κ1) is 10.1. The van der Waals surface area contributed by atoms with Gasteiger partial charge in [0.05, 0.1) is 11.8 Å². The van der Waals surface area contributed by atoms with Crippen molar-refractivity contribution in [2.75, 3.05) is 13.1 Å². The predicted octanol–water partition coefficient (Wildman–Crippen LogP) is 2.15. The number of likely N-dealkylation sites (tertiary alicyclic amines) is 1. The minimum absolute atomic E-state index is 0.108. The Bertz CT molecular complexity index is 338. The van der Waals surface area contributed by atoms with Gasteiger partial charge in [0.15, 0.2) is 0 Å². The Morgan fingerprint density at radius 2 is 2.07 bits per heavy atom. The lowest BCUT2D eigenvalue weighted by Crippen LogP contribution is -2.42. The molecule has 0 radical (unpaired) electrons. The van der Waals surface area contributed by atoms with E-state index in [-0.39, 0.29) is 31.8 Å². The summed E-state index contributed by atoms with van der Waals surface area (Å²) in [6.07, 6.45) is 2.22. The van der Waals surface area contributed by atoms with E-state index in [9.17, 15) is 13.6 Å². The summed E-state index contributed by atoms with van der Waals surface area (Å²) in [4.78, 5) is 13.1. The molecule has 1 amide bonds. The lowest BCUT2D eigenvalue weighted by Gasteiger charge is -2.31. The molecular weight excluding hydrogens is 204 g/mol. The third-order valence-electron chi connectivity index (χ3n) is 2.55. The molecule has 2 rings (SSSR count). The first-order chi connectivity index (χ1) is 7.08. The zero-order chi connectivity index (χ0) is 10.9. The van der Waals surface area contributed by atoms with E-state index >= 15 is 0 Å². The fourth-order valence-corrected chi connectivity index (χ4v) is 1.61. The normalized spacial score (nSPS) is 20.3. The van der Waals surface area contributed by atoms with Crippen LogP contribution < -0.4 is 0 Å². The molecule has 1 aliphatic heterocycles. The zero-order valence-corrected chi connectivity index (χ0v) is 8.08. The maximum atomic E-state index is 12.8. The van der Waals surface area contributed by atoms with E-state index < -0.39 is 5.92 Å². The second-order valence-electron chi connectivity index (χ2n) is 3.66. The van der Waals surface area contributed by atoms with E-state index in [1.807, 2.05) is 0 Å². The van der Waals surface area contributed by atoms with Gasteiger partial charge in [-0.1, -0.05) is 0 Å². The smallest absolute Gasteiger partial charge is 0.257 e. The lowest BCUT2D eigenvalue weighted by molar-refractivity contribution is -0.0494. The van der Waals surface area contributed by atoms with Crippen molar-refractivity contribution in [3.63, 3.8) is 0 Å². The minimum atomic E-state index is -2.62. The van der Waals surface area contributed by atoms with E-state index in [4.69, 9.17) is 4.42 Å². The summed E-state index contributed by atoms with van der Waals surface area (Å²) in [6.45, 7) is 0.216. The number of alkyl halides is 2. The molecule has 0 aliphatic carbocycles. The molecule has 5 heteroatoms. The number of furan rings is 1. The van der Waals surface area contributed by atoms with E-state index in [1.165, 1.54) is 23.5 Å². The predicted molar refractivity (Wildman–Crippen MR) is 48.8 cm³/mol. The molecule has 0 aromatic carbocycles. The second kappa shape index (κ2) is 3.64. The van der Waals surface area contributed by atoms with Crippen LogP contribution in [0.2, 0.25) is 0 Å². The number of carbonyl (C=O) groups excluding carboxylic acids is 1. The molecule has 2 heterocycles. The highest BCUT2D eigenvalue weighted by Crippen LogP contribution is 2.28. The standard InChI is InChI=1S/C10H11F2NO2/c11-10(12)2-4-13(5-3-10)9(14)8-1-6-15-7-8/h1,6-7H,2-5H2.